The van der Waals surface area contributed by atoms with Crippen molar-refractivity contribution in [3.63, 3.8) is 0 Å². The highest BCUT2D eigenvalue weighted by Gasteiger charge is 2.41. The Morgan fingerprint density at radius 1 is 1.05 bits per heavy atom. The number of benzene rings is 2. The van der Waals surface area contributed by atoms with E-state index in [1.165, 1.54) is 6.42 Å². The molecular formula is C31H39N3O3. The van der Waals surface area contributed by atoms with E-state index in [9.17, 15) is 14.7 Å². The van der Waals surface area contributed by atoms with Crippen LogP contribution in [0.2, 0.25) is 0 Å². The van der Waals surface area contributed by atoms with Gasteiger partial charge in [-0.2, -0.15) is 0 Å². The molecule has 6 heteroatoms. The molecule has 2 aliphatic rings. The molecule has 2 N–H and O–H groups in total. The van der Waals surface area contributed by atoms with Crippen molar-refractivity contribution in [2.45, 2.75) is 63.0 Å². The monoisotopic (exact) mass is 501 g/mol. The molecule has 0 bridgehead atoms. The molecule has 5 rings (SSSR count). The average molecular weight is 502 g/mol. The fourth-order valence-corrected chi connectivity index (χ4v) is 6.35. The van der Waals surface area contributed by atoms with Gasteiger partial charge in [-0.3, -0.25) is 9.59 Å². The van der Waals surface area contributed by atoms with Gasteiger partial charge in [0.05, 0.1) is 17.7 Å². The second kappa shape index (κ2) is 11.2. The molecule has 1 amide bonds. The lowest BCUT2D eigenvalue weighted by atomic mass is 9.75. The van der Waals surface area contributed by atoms with E-state index in [0.29, 0.717) is 24.9 Å². The van der Waals surface area contributed by atoms with Crippen LogP contribution >= 0.6 is 0 Å². The normalized spacial score (nSPS) is 19.0. The van der Waals surface area contributed by atoms with Crippen molar-refractivity contribution in [2.24, 2.45) is 13.0 Å². The van der Waals surface area contributed by atoms with Gasteiger partial charge in [0.2, 0.25) is 5.91 Å². The van der Waals surface area contributed by atoms with E-state index < -0.39 is 5.60 Å². The van der Waals surface area contributed by atoms with Crippen molar-refractivity contribution < 1.29 is 9.90 Å². The Bertz CT molecular complexity index is 1270. The summed E-state index contributed by atoms with van der Waals surface area (Å²) in [6.45, 7) is 2.15. The predicted octanol–water partition coefficient (Wildman–Crippen LogP) is 4.35. The number of nitrogens with zero attached hydrogens (tertiary/aromatic N) is 2. The van der Waals surface area contributed by atoms with Crippen LogP contribution in [0.1, 0.15) is 62.0 Å². The molecule has 0 spiro atoms. The number of aryl methyl sites for hydroxylation is 1. The summed E-state index contributed by atoms with van der Waals surface area (Å²) < 4.78 is 1.68. The number of amides is 1. The minimum Gasteiger partial charge on any atom is -0.389 e. The Kier molecular flexibility index (Phi) is 7.77. The average Bonchev–Trinajstić information content (AvgIpc) is 2.94. The van der Waals surface area contributed by atoms with Gasteiger partial charge in [0.25, 0.3) is 5.56 Å². The first-order valence-electron chi connectivity index (χ1n) is 13.8. The van der Waals surface area contributed by atoms with E-state index in [4.69, 9.17) is 0 Å². The van der Waals surface area contributed by atoms with Crippen molar-refractivity contribution >= 4 is 16.8 Å². The number of aromatic nitrogens is 1. The molecule has 1 aliphatic carbocycles. The van der Waals surface area contributed by atoms with E-state index in [0.717, 1.165) is 55.2 Å². The maximum absolute atomic E-state index is 14.0. The topological polar surface area (TPSA) is 74.6 Å². The zero-order valence-electron chi connectivity index (χ0n) is 21.9. The Hall–Kier alpha value is -2.96. The van der Waals surface area contributed by atoms with Gasteiger partial charge in [-0.25, -0.2) is 0 Å². The van der Waals surface area contributed by atoms with Crippen LogP contribution in [0, 0.1) is 5.92 Å². The Morgan fingerprint density at radius 3 is 2.46 bits per heavy atom. The van der Waals surface area contributed by atoms with E-state index in [1.54, 1.807) is 11.6 Å². The molecule has 0 radical (unpaired) electrons. The second-order valence-corrected chi connectivity index (χ2v) is 11.0. The number of aliphatic hydroxyl groups is 1. The van der Waals surface area contributed by atoms with Gasteiger partial charge in [0.15, 0.2) is 0 Å². The van der Waals surface area contributed by atoms with Crippen molar-refractivity contribution in [1.82, 2.24) is 14.8 Å². The maximum atomic E-state index is 14.0. The molecule has 1 unspecified atom stereocenters. The lowest BCUT2D eigenvalue weighted by Gasteiger charge is -2.42. The highest BCUT2D eigenvalue weighted by molar-refractivity contribution is 5.81. The smallest absolute Gasteiger partial charge is 0.255 e. The second-order valence-electron chi connectivity index (χ2n) is 11.0. The van der Waals surface area contributed by atoms with E-state index in [2.05, 4.69) is 17.4 Å². The summed E-state index contributed by atoms with van der Waals surface area (Å²) in [5, 5.41) is 16.2. The molecule has 1 saturated heterocycles. The first kappa shape index (κ1) is 25.7. The number of nitrogens with one attached hydrogen (secondary N) is 1. The van der Waals surface area contributed by atoms with Crippen LogP contribution in [0.25, 0.3) is 10.9 Å². The molecule has 196 valence electrons. The Labute approximate surface area is 219 Å². The van der Waals surface area contributed by atoms with Gasteiger partial charge < -0.3 is 19.9 Å². The van der Waals surface area contributed by atoms with Gasteiger partial charge in [0, 0.05) is 31.0 Å². The Balaban J connectivity index is 1.53. The molecular weight excluding hydrogens is 462 g/mol. The van der Waals surface area contributed by atoms with Crippen LogP contribution in [-0.4, -0.2) is 45.7 Å². The third kappa shape index (κ3) is 5.51. The first-order chi connectivity index (χ1) is 18.0. The Morgan fingerprint density at radius 2 is 1.73 bits per heavy atom. The largest absolute Gasteiger partial charge is 0.389 e. The molecule has 2 aromatic carbocycles. The molecule has 6 nitrogen and oxygen atoms in total. The van der Waals surface area contributed by atoms with Gasteiger partial charge in [-0.1, -0.05) is 67.8 Å². The highest BCUT2D eigenvalue weighted by Crippen LogP contribution is 2.37. The summed E-state index contributed by atoms with van der Waals surface area (Å²) in [4.78, 5) is 29.3. The van der Waals surface area contributed by atoms with Crippen LogP contribution in [0.4, 0.5) is 0 Å². The van der Waals surface area contributed by atoms with E-state index >= 15 is 0 Å². The molecule has 1 aromatic heterocycles. The van der Waals surface area contributed by atoms with Crippen molar-refractivity contribution in [1.29, 1.82) is 0 Å². The van der Waals surface area contributed by atoms with E-state index in [1.807, 2.05) is 53.4 Å². The summed E-state index contributed by atoms with van der Waals surface area (Å²) in [6.07, 6.45) is 6.38. The van der Waals surface area contributed by atoms with E-state index in [-0.39, 0.29) is 29.8 Å². The summed E-state index contributed by atoms with van der Waals surface area (Å²) in [6, 6.07) is 19.9. The minimum absolute atomic E-state index is 0.0165. The van der Waals surface area contributed by atoms with Gasteiger partial charge in [0.1, 0.15) is 0 Å². The number of piperidine rings is 1. The summed E-state index contributed by atoms with van der Waals surface area (Å²) >= 11 is 0. The quantitative estimate of drug-likeness (QED) is 0.505. The fourth-order valence-electron chi connectivity index (χ4n) is 6.35. The molecule has 37 heavy (non-hydrogen) atoms. The zero-order chi connectivity index (χ0) is 25.8. The summed E-state index contributed by atoms with van der Waals surface area (Å²) in [5.74, 6) is -0.127. The standard InChI is InChI=1S/C31H39N3O3/c1-33-28-15-9-8-14-25(28)20-26(29(33)35)21-34(30(36)24-12-6-3-7-13-24)22-27(23-10-4-2-5-11-23)31(37)16-18-32-19-17-31/h2,4-5,8-11,14-15,20,24,27,32,37H,3,6-7,12-13,16-19,21-22H2,1H3. The number of hydrogen-bond acceptors (Lipinski definition) is 4. The van der Waals surface area contributed by atoms with Crippen molar-refractivity contribution in [2.75, 3.05) is 19.6 Å². The van der Waals surface area contributed by atoms with Gasteiger partial charge in [-0.05, 0) is 61.9 Å². The van der Waals surface area contributed by atoms with Crippen LogP contribution in [0.3, 0.4) is 0 Å². The molecule has 3 aromatic rings. The number of carbonyl (C=O) groups excluding carboxylic acids is 1. The van der Waals surface area contributed by atoms with Gasteiger partial charge >= 0.3 is 0 Å². The lowest BCUT2D eigenvalue weighted by Crippen LogP contribution is -2.51. The molecule has 1 aliphatic heterocycles. The summed E-state index contributed by atoms with van der Waals surface area (Å²) in [5.41, 5.74) is 1.56. The minimum atomic E-state index is -0.911. The molecule has 1 atom stereocenters. The zero-order valence-corrected chi connectivity index (χ0v) is 21.9. The lowest BCUT2D eigenvalue weighted by molar-refractivity contribution is -0.138. The first-order valence-corrected chi connectivity index (χ1v) is 13.8. The number of fused-ring (bicyclic) bond motifs is 1. The van der Waals surface area contributed by atoms with Crippen LogP contribution in [0.5, 0.6) is 0 Å². The van der Waals surface area contributed by atoms with Crippen LogP contribution < -0.4 is 10.9 Å². The van der Waals surface area contributed by atoms with Gasteiger partial charge in [-0.15, -0.1) is 0 Å². The van der Waals surface area contributed by atoms with Crippen molar-refractivity contribution in [3.8, 4) is 0 Å². The molecule has 2 fully saturated rings. The summed E-state index contributed by atoms with van der Waals surface area (Å²) in [7, 11) is 1.80. The number of carbonyl (C=O) groups is 1. The van der Waals surface area contributed by atoms with Crippen LogP contribution in [-0.2, 0) is 18.4 Å². The number of hydrogen-bond donors (Lipinski definition) is 2. The third-order valence-corrected chi connectivity index (χ3v) is 8.56. The highest BCUT2D eigenvalue weighted by atomic mass is 16.3. The fraction of sp³-hybridized carbons (Fsp3) is 0.484. The van der Waals surface area contributed by atoms with Crippen molar-refractivity contribution in [3.05, 3.63) is 82.1 Å². The third-order valence-electron chi connectivity index (χ3n) is 8.56. The predicted molar refractivity (Wildman–Crippen MR) is 147 cm³/mol. The number of pyridine rings is 1. The maximum Gasteiger partial charge on any atom is 0.255 e. The SMILES string of the molecule is Cn1c(=O)c(CN(CC(c2ccccc2)C2(O)CCNCC2)C(=O)C2CCCCC2)cc2ccccc21. The molecule has 2 heterocycles. The number of rotatable bonds is 7. The van der Waals surface area contributed by atoms with Crippen LogP contribution in [0.15, 0.2) is 65.5 Å². The number of para-hydroxylation sites is 1. The molecule has 1 saturated carbocycles.